The second kappa shape index (κ2) is 9.18. The number of nitrogens with zero attached hydrogens (tertiary/aromatic N) is 3. The molecule has 0 fully saturated rings. The number of para-hydroxylation sites is 2. The number of hydrogen-bond acceptors (Lipinski definition) is 5. The molecule has 4 rings (SSSR count). The molecule has 0 bridgehead atoms. The van der Waals surface area contributed by atoms with Crippen LogP contribution in [0.2, 0.25) is 0 Å². The highest BCUT2D eigenvalue weighted by molar-refractivity contribution is 5.48. The molecule has 0 aliphatic heterocycles. The number of nitrogen functional groups attached to an aromatic ring is 2. The molecule has 0 saturated carbocycles. The summed E-state index contributed by atoms with van der Waals surface area (Å²) in [7, 11) is 0. The molecule has 1 heterocycles. The summed E-state index contributed by atoms with van der Waals surface area (Å²) in [6, 6.07) is 25.8. The first-order valence-electron chi connectivity index (χ1n) is 8.99. The number of hydrogen-bond donors (Lipinski definition) is 3. The van der Waals surface area contributed by atoms with E-state index in [4.69, 9.17) is 11.5 Å². The number of benzene rings is 3. The molecule has 7 heteroatoms. The molecule has 29 heavy (non-hydrogen) atoms. The summed E-state index contributed by atoms with van der Waals surface area (Å²) < 4.78 is 1.45. The first-order chi connectivity index (χ1) is 14.0. The third-order valence-corrected chi connectivity index (χ3v) is 4.01. The van der Waals surface area contributed by atoms with E-state index in [1.807, 2.05) is 60.7 Å². The van der Waals surface area contributed by atoms with Gasteiger partial charge in [-0.15, -0.1) is 5.11 Å². The Labute approximate surface area is 168 Å². The number of azo groups is 1. The van der Waals surface area contributed by atoms with E-state index in [2.05, 4.69) is 15.3 Å². The standard InChI is InChI=1S/C16H15N5O.C6H7N/c1-11-15(19-18-13-9-7-12(17)8-10-13)16(22)21(20-11)14-5-3-2-4-6-14;7-6-4-2-1-3-5-6/h2-10,20H,17H2,1H3;1-5H,7H2. The number of nitrogens with one attached hydrogen (secondary N) is 1. The number of anilines is 2. The summed E-state index contributed by atoms with van der Waals surface area (Å²) in [6.07, 6.45) is 0. The van der Waals surface area contributed by atoms with Crippen LogP contribution in [0, 0.1) is 6.92 Å². The Morgan fingerprint density at radius 3 is 1.86 bits per heavy atom. The molecule has 0 saturated heterocycles. The van der Waals surface area contributed by atoms with Crippen molar-refractivity contribution in [2.75, 3.05) is 11.5 Å². The monoisotopic (exact) mass is 386 g/mol. The third-order valence-electron chi connectivity index (χ3n) is 4.01. The van der Waals surface area contributed by atoms with Crippen LogP contribution < -0.4 is 17.0 Å². The van der Waals surface area contributed by atoms with Crippen molar-refractivity contribution in [2.45, 2.75) is 6.92 Å². The fourth-order valence-electron chi connectivity index (χ4n) is 2.52. The van der Waals surface area contributed by atoms with Crippen molar-refractivity contribution in [1.82, 2.24) is 9.78 Å². The van der Waals surface area contributed by atoms with Crippen molar-refractivity contribution in [1.29, 1.82) is 0 Å². The largest absolute Gasteiger partial charge is 0.399 e. The number of nitrogens with two attached hydrogens (primary N) is 2. The van der Waals surface area contributed by atoms with Gasteiger partial charge in [0.1, 0.15) is 0 Å². The molecule has 4 aromatic rings. The summed E-state index contributed by atoms with van der Waals surface area (Å²) >= 11 is 0. The van der Waals surface area contributed by atoms with Crippen LogP contribution >= 0.6 is 0 Å². The van der Waals surface area contributed by atoms with Gasteiger partial charge >= 0.3 is 0 Å². The maximum Gasteiger partial charge on any atom is 0.299 e. The van der Waals surface area contributed by atoms with Gasteiger partial charge in [-0.25, -0.2) is 4.68 Å². The average molecular weight is 386 g/mol. The highest BCUT2D eigenvalue weighted by atomic mass is 16.1. The predicted molar refractivity (Wildman–Crippen MR) is 117 cm³/mol. The van der Waals surface area contributed by atoms with Gasteiger partial charge in [0, 0.05) is 11.4 Å². The summed E-state index contributed by atoms with van der Waals surface area (Å²) in [5.41, 5.74) is 14.6. The highest BCUT2D eigenvalue weighted by Gasteiger charge is 2.11. The fourth-order valence-corrected chi connectivity index (χ4v) is 2.52. The number of H-pyrrole nitrogens is 1. The van der Waals surface area contributed by atoms with E-state index in [-0.39, 0.29) is 5.56 Å². The van der Waals surface area contributed by atoms with Gasteiger partial charge in [-0.1, -0.05) is 36.4 Å². The molecule has 0 radical (unpaired) electrons. The summed E-state index contributed by atoms with van der Waals surface area (Å²) in [5.74, 6) is 0. The van der Waals surface area contributed by atoms with Gasteiger partial charge in [0.05, 0.1) is 17.1 Å². The van der Waals surface area contributed by atoms with Gasteiger partial charge in [-0.2, -0.15) is 5.11 Å². The molecule has 0 atom stereocenters. The van der Waals surface area contributed by atoms with E-state index in [9.17, 15) is 4.79 Å². The third kappa shape index (κ3) is 5.20. The van der Waals surface area contributed by atoms with Crippen molar-refractivity contribution in [3.05, 3.63) is 101 Å². The molecule has 3 aromatic carbocycles. The maximum atomic E-state index is 12.4. The van der Waals surface area contributed by atoms with Crippen LogP contribution in [0.25, 0.3) is 5.69 Å². The molecule has 0 unspecified atom stereocenters. The van der Waals surface area contributed by atoms with Gasteiger partial charge in [0.15, 0.2) is 5.69 Å². The Morgan fingerprint density at radius 2 is 1.31 bits per heavy atom. The van der Waals surface area contributed by atoms with Crippen molar-refractivity contribution in [3.63, 3.8) is 0 Å². The maximum absolute atomic E-state index is 12.4. The lowest BCUT2D eigenvalue weighted by Gasteiger charge is -1.99. The van der Waals surface area contributed by atoms with Crippen LogP contribution in [0.1, 0.15) is 5.69 Å². The molecule has 7 nitrogen and oxygen atoms in total. The van der Waals surface area contributed by atoms with E-state index in [0.29, 0.717) is 22.8 Å². The topological polar surface area (TPSA) is 115 Å². The van der Waals surface area contributed by atoms with Gasteiger partial charge < -0.3 is 11.5 Å². The SMILES string of the molecule is Cc1[nH]n(-c2ccccc2)c(=O)c1N=Nc1ccc(N)cc1.Nc1ccccc1. The molecular formula is C22H22N6O. The second-order valence-corrected chi connectivity index (χ2v) is 6.26. The fraction of sp³-hybridized carbons (Fsp3) is 0.0455. The van der Waals surface area contributed by atoms with Crippen LogP contribution in [-0.4, -0.2) is 9.78 Å². The Bertz CT molecular complexity index is 1130. The van der Waals surface area contributed by atoms with Crippen molar-refractivity contribution in [2.24, 2.45) is 10.2 Å². The smallest absolute Gasteiger partial charge is 0.299 e. The van der Waals surface area contributed by atoms with Crippen molar-refractivity contribution < 1.29 is 0 Å². The molecule has 146 valence electrons. The summed E-state index contributed by atoms with van der Waals surface area (Å²) in [6.45, 7) is 1.79. The molecule has 0 spiro atoms. The quantitative estimate of drug-likeness (QED) is 0.349. The number of aromatic nitrogens is 2. The van der Waals surface area contributed by atoms with E-state index in [1.54, 1.807) is 31.2 Å². The Balaban J connectivity index is 0.000000290. The van der Waals surface area contributed by atoms with Gasteiger partial charge in [0.2, 0.25) is 0 Å². The zero-order chi connectivity index (χ0) is 20.6. The first kappa shape index (κ1) is 19.6. The van der Waals surface area contributed by atoms with E-state index in [0.717, 1.165) is 11.4 Å². The minimum atomic E-state index is -0.233. The number of rotatable bonds is 3. The van der Waals surface area contributed by atoms with Crippen LogP contribution in [-0.2, 0) is 0 Å². The molecule has 0 aliphatic rings. The average Bonchev–Trinajstić information content (AvgIpc) is 3.03. The van der Waals surface area contributed by atoms with Crippen LogP contribution in [0.5, 0.6) is 0 Å². The zero-order valence-electron chi connectivity index (χ0n) is 16.0. The Kier molecular flexibility index (Phi) is 6.22. The minimum absolute atomic E-state index is 0.233. The lowest BCUT2D eigenvalue weighted by atomic mass is 10.3. The minimum Gasteiger partial charge on any atom is -0.399 e. The van der Waals surface area contributed by atoms with E-state index >= 15 is 0 Å². The van der Waals surface area contributed by atoms with Gasteiger partial charge in [0.25, 0.3) is 5.56 Å². The Hall–Kier alpha value is -4.13. The molecule has 1 aromatic heterocycles. The Morgan fingerprint density at radius 1 is 0.759 bits per heavy atom. The normalized spacial score (nSPS) is 10.5. The van der Waals surface area contributed by atoms with Gasteiger partial charge in [-0.3, -0.25) is 9.89 Å². The molecule has 0 amide bonds. The first-order valence-corrected chi connectivity index (χ1v) is 8.99. The predicted octanol–water partition coefficient (Wildman–Crippen LogP) is 4.74. The molecule has 0 aliphatic carbocycles. The summed E-state index contributed by atoms with van der Waals surface area (Å²) in [4.78, 5) is 12.4. The molecular weight excluding hydrogens is 364 g/mol. The van der Waals surface area contributed by atoms with E-state index < -0.39 is 0 Å². The number of aryl methyl sites for hydroxylation is 1. The van der Waals surface area contributed by atoms with Gasteiger partial charge in [-0.05, 0) is 55.5 Å². The van der Waals surface area contributed by atoms with Crippen LogP contribution in [0.4, 0.5) is 22.7 Å². The molecule has 5 N–H and O–H groups in total. The summed E-state index contributed by atoms with van der Waals surface area (Å²) in [5, 5.41) is 11.2. The highest BCUT2D eigenvalue weighted by Crippen LogP contribution is 2.19. The zero-order valence-corrected chi connectivity index (χ0v) is 16.0. The van der Waals surface area contributed by atoms with Crippen molar-refractivity contribution in [3.8, 4) is 5.69 Å². The van der Waals surface area contributed by atoms with Crippen LogP contribution in [0.15, 0.2) is 100.0 Å². The van der Waals surface area contributed by atoms with E-state index in [1.165, 1.54) is 4.68 Å². The number of aromatic amines is 1. The van der Waals surface area contributed by atoms with Crippen LogP contribution in [0.3, 0.4) is 0 Å². The van der Waals surface area contributed by atoms with Crippen molar-refractivity contribution >= 4 is 22.7 Å². The lowest BCUT2D eigenvalue weighted by molar-refractivity contribution is 0.835. The second-order valence-electron chi connectivity index (χ2n) is 6.26. The lowest BCUT2D eigenvalue weighted by Crippen LogP contribution is -2.13.